The average Bonchev–Trinajstić information content (AvgIpc) is 2.65. The van der Waals surface area contributed by atoms with E-state index < -0.39 is 0 Å². The van der Waals surface area contributed by atoms with Crippen LogP contribution >= 0.6 is 0 Å². The Balaban J connectivity index is 1.50. The highest BCUT2D eigenvalue weighted by molar-refractivity contribution is 5.30. The average molecular weight is 339 g/mol. The molecular formula is C24H31F. The van der Waals surface area contributed by atoms with E-state index in [0.29, 0.717) is 0 Å². The van der Waals surface area contributed by atoms with Crippen LogP contribution in [0.15, 0.2) is 48.5 Å². The van der Waals surface area contributed by atoms with Gasteiger partial charge < -0.3 is 0 Å². The van der Waals surface area contributed by atoms with Crippen LogP contribution in [-0.4, -0.2) is 0 Å². The van der Waals surface area contributed by atoms with Crippen molar-refractivity contribution < 1.29 is 4.39 Å². The van der Waals surface area contributed by atoms with Gasteiger partial charge in [0, 0.05) is 0 Å². The van der Waals surface area contributed by atoms with Gasteiger partial charge >= 0.3 is 0 Å². The van der Waals surface area contributed by atoms with E-state index in [-0.39, 0.29) is 5.82 Å². The van der Waals surface area contributed by atoms with E-state index >= 15 is 0 Å². The third-order valence-corrected chi connectivity index (χ3v) is 5.84. The van der Waals surface area contributed by atoms with E-state index in [1.54, 1.807) is 12.1 Å². The van der Waals surface area contributed by atoms with Crippen LogP contribution in [0, 0.1) is 11.7 Å². The van der Waals surface area contributed by atoms with Gasteiger partial charge in [-0.25, -0.2) is 4.39 Å². The maximum atomic E-state index is 13.0. The maximum absolute atomic E-state index is 13.0. The monoisotopic (exact) mass is 338 g/mol. The molecule has 0 aromatic heterocycles. The molecule has 0 heterocycles. The van der Waals surface area contributed by atoms with Gasteiger partial charge in [-0.1, -0.05) is 69.0 Å². The molecule has 1 aliphatic rings. The van der Waals surface area contributed by atoms with Crippen molar-refractivity contribution in [3.05, 3.63) is 71.0 Å². The molecule has 0 spiro atoms. The Morgan fingerprint density at radius 3 is 2.00 bits per heavy atom. The SMILES string of the molecule is CCCCCC1CCC(c2ccc(Cc3ccc(F)cc3)cc2)CC1. The van der Waals surface area contributed by atoms with Crippen molar-refractivity contribution in [2.45, 2.75) is 70.6 Å². The van der Waals surface area contributed by atoms with Crippen LogP contribution in [0.1, 0.15) is 80.9 Å². The van der Waals surface area contributed by atoms with Gasteiger partial charge in [0.25, 0.3) is 0 Å². The fourth-order valence-electron chi connectivity index (χ4n) is 4.21. The molecule has 1 heteroatoms. The van der Waals surface area contributed by atoms with E-state index in [1.807, 2.05) is 12.1 Å². The topological polar surface area (TPSA) is 0 Å². The van der Waals surface area contributed by atoms with Gasteiger partial charge in [0.05, 0.1) is 0 Å². The van der Waals surface area contributed by atoms with E-state index in [4.69, 9.17) is 0 Å². The highest BCUT2D eigenvalue weighted by atomic mass is 19.1. The van der Waals surface area contributed by atoms with Gasteiger partial charge in [-0.15, -0.1) is 0 Å². The molecule has 1 fully saturated rings. The zero-order valence-corrected chi connectivity index (χ0v) is 15.5. The first-order chi connectivity index (χ1) is 12.2. The third-order valence-electron chi connectivity index (χ3n) is 5.84. The summed E-state index contributed by atoms with van der Waals surface area (Å²) in [7, 11) is 0. The van der Waals surface area contributed by atoms with Gasteiger partial charge in [-0.3, -0.25) is 0 Å². The van der Waals surface area contributed by atoms with Crippen molar-refractivity contribution in [1.29, 1.82) is 0 Å². The molecule has 0 atom stereocenters. The first-order valence-electron chi connectivity index (χ1n) is 10.1. The van der Waals surface area contributed by atoms with E-state index in [0.717, 1.165) is 18.3 Å². The number of halogens is 1. The Hall–Kier alpha value is -1.63. The van der Waals surface area contributed by atoms with Crippen molar-refractivity contribution in [3.63, 3.8) is 0 Å². The molecule has 2 aromatic rings. The number of unbranched alkanes of at least 4 members (excludes halogenated alkanes) is 2. The lowest BCUT2D eigenvalue weighted by Gasteiger charge is -2.29. The minimum absolute atomic E-state index is 0.163. The van der Waals surface area contributed by atoms with Crippen molar-refractivity contribution in [2.24, 2.45) is 5.92 Å². The van der Waals surface area contributed by atoms with Crippen molar-refractivity contribution in [1.82, 2.24) is 0 Å². The highest BCUT2D eigenvalue weighted by Gasteiger charge is 2.21. The van der Waals surface area contributed by atoms with E-state index in [9.17, 15) is 4.39 Å². The number of hydrogen-bond donors (Lipinski definition) is 0. The fraction of sp³-hybridized carbons (Fsp3) is 0.500. The Bertz CT molecular complexity index is 618. The summed E-state index contributed by atoms with van der Waals surface area (Å²) in [5, 5.41) is 0. The number of hydrogen-bond acceptors (Lipinski definition) is 0. The van der Waals surface area contributed by atoms with Crippen LogP contribution in [-0.2, 0) is 6.42 Å². The Labute approximate surface area is 152 Å². The number of benzene rings is 2. The van der Waals surface area contributed by atoms with Gasteiger partial charge in [-0.05, 0) is 72.8 Å². The lowest BCUT2D eigenvalue weighted by Crippen LogP contribution is -2.13. The maximum Gasteiger partial charge on any atom is 0.123 e. The van der Waals surface area contributed by atoms with Crippen LogP contribution < -0.4 is 0 Å². The summed E-state index contributed by atoms with van der Waals surface area (Å²) in [4.78, 5) is 0. The first-order valence-corrected chi connectivity index (χ1v) is 10.1. The molecule has 0 aliphatic heterocycles. The zero-order chi connectivity index (χ0) is 17.5. The van der Waals surface area contributed by atoms with Crippen LogP contribution in [0.2, 0.25) is 0 Å². The van der Waals surface area contributed by atoms with Crippen LogP contribution in [0.25, 0.3) is 0 Å². The molecule has 1 aliphatic carbocycles. The molecule has 134 valence electrons. The molecular weight excluding hydrogens is 307 g/mol. The van der Waals surface area contributed by atoms with Gasteiger partial charge in [0.2, 0.25) is 0 Å². The molecule has 0 unspecified atom stereocenters. The summed E-state index contributed by atoms with van der Waals surface area (Å²) in [6.07, 6.45) is 12.0. The molecule has 0 N–H and O–H groups in total. The molecule has 0 radical (unpaired) electrons. The van der Waals surface area contributed by atoms with E-state index in [1.165, 1.54) is 68.1 Å². The van der Waals surface area contributed by atoms with Crippen molar-refractivity contribution in [2.75, 3.05) is 0 Å². The molecule has 0 saturated heterocycles. The number of rotatable bonds is 7. The second-order valence-corrected chi connectivity index (χ2v) is 7.76. The second-order valence-electron chi connectivity index (χ2n) is 7.76. The highest BCUT2D eigenvalue weighted by Crippen LogP contribution is 2.37. The smallest absolute Gasteiger partial charge is 0.123 e. The predicted molar refractivity (Wildman–Crippen MR) is 104 cm³/mol. The normalized spacial score (nSPS) is 20.6. The van der Waals surface area contributed by atoms with Crippen LogP contribution in [0.5, 0.6) is 0 Å². The first kappa shape index (κ1) is 18.2. The second kappa shape index (κ2) is 9.17. The summed E-state index contributed by atoms with van der Waals surface area (Å²) in [6.45, 7) is 2.29. The Kier molecular flexibility index (Phi) is 6.67. The summed E-state index contributed by atoms with van der Waals surface area (Å²) < 4.78 is 13.0. The molecule has 0 nitrogen and oxygen atoms in total. The quantitative estimate of drug-likeness (QED) is 0.466. The molecule has 2 aromatic carbocycles. The van der Waals surface area contributed by atoms with Gasteiger partial charge in [0.1, 0.15) is 5.82 Å². The van der Waals surface area contributed by atoms with Crippen molar-refractivity contribution >= 4 is 0 Å². The van der Waals surface area contributed by atoms with Crippen LogP contribution in [0.4, 0.5) is 4.39 Å². The largest absolute Gasteiger partial charge is 0.207 e. The minimum atomic E-state index is -0.163. The van der Waals surface area contributed by atoms with Gasteiger partial charge in [-0.2, -0.15) is 0 Å². The van der Waals surface area contributed by atoms with Crippen molar-refractivity contribution in [3.8, 4) is 0 Å². The molecule has 1 saturated carbocycles. The molecule has 3 rings (SSSR count). The third kappa shape index (κ3) is 5.42. The van der Waals surface area contributed by atoms with Gasteiger partial charge in [0.15, 0.2) is 0 Å². The lowest BCUT2D eigenvalue weighted by atomic mass is 9.77. The standard InChI is InChI=1S/C24H31F/c1-2-3-4-5-19-6-12-22(13-7-19)23-14-8-20(9-15-23)18-21-10-16-24(25)17-11-21/h8-11,14-17,19,22H,2-7,12-13,18H2,1H3. The summed E-state index contributed by atoms with van der Waals surface area (Å²) in [5.41, 5.74) is 3.99. The lowest BCUT2D eigenvalue weighted by molar-refractivity contribution is 0.303. The summed E-state index contributed by atoms with van der Waals surface area (Å²) >= 11 is 0. The fourth-order valence-corrected chi connectivity index (χ4v) is 4.21. The Morgan fingerprint density at radius 1 is 0.800 bits per heavy atom. The molecule has 0 amide bonds. The van der Waals surface area contributed by atoms with Crippen LogP contribution in [0.3, 0.4) is 0 Å². The predicted octanol–water partition coefficient (Wildman–Crippen LogP) is 7.27. The Morgan fingerprint density at radius 2 is 1.40 bits per heavy atom. The van der Waals surface area contributed by atoms with E-state index in [2.05, 4.69) is 31.2 Å². The molecule has 25 heavy (non-hydrogen) atoms. The zero-order valence-electron chi connectivity index (χ0n) is 15.5. The summed E-state index contributed by atoms with van der Waals surface area (Å²) in [5.74, 6) is 1.56. The molecule has 0 bridgehead atoms. The summed E-state index contributed by atoms with van der Waals surface area (Å²) in [6, 6.07) is 16.0. The minimum Gasteiger partial charge on any atom is -0.207 e.